The molecule has 1 spiro atoms. The van der Waals surface area contributed by atoms with Crippen LogP contribution in [-0.4, -0.2) is 132 Å². The average Bonchev–Trinajstić information content (AvgIpc) is 4.01. The van der Waals surface area contributed by atoms with E-state index in [4.69, 9.17) is 15.6 Å². The Labute approximate surface area is 371 Å². The van der Waals surface area contributed by atoms with E-state index >= 15 is 8.78 Å². The summed E-state index contributed by atoms with van der Waals surface area (Å²) in [5, 5.41) is 10.2. The standard InChI is InChI=1S/C43H51F2N11O5.C3H6/c1-47-30-23-36(50-56-33(38(46)58)24-48-39(30)56)54-16-8-29-28(4-3-5-31(29)54)25-51-15-9-35(43(44,45)26-51)52-18-11-42(12-19-52)13-20-53(21-14-42)40(59)27-6-7-34(61-2)32(22-27)55-17-10-37(57)49-41(55)60;1-2-3-1/h3-7,22-24,35,47H,8-21,25-26H2,1-2H3,(H2,46,58)(H,49,57,60);1-3H2. The second-order valence-electron chi connectivity index (χ2n) is 18.0. The summed E-state index contributed by atoms with van der Waals surface area (Å²) in [6.45, 7) is 3.86. The highest BCUT2D eigenvalue weighted by Gasteiger charge is 2.50. The number of anilines is 4. The molecular formula is C46H57F2N11O5. The number of carbonyl (C=O) groups is 4. The van der Waals surface area contributed by atoms with Crippen LogP contribution in [-0.2, 0) is 17.8 Å². The van der Waals surface area contributed by atoms with Gasteiger partial charge in [0.05, 0.1) is 37.3 Å². The number of nitrogens with zero attached hydrogens (tertiary/aromatic N) is 8. The molecule has 1 aliphatic carbocycles. The molecule has 4 aromatic rings. The fourth-order valence-corrected chi connectivity index (χ4v) is 10.2. The number of aromatic nitrogens is 3. The molecule has 1 unspecified atom stereocenters. The number of rotatable bonds is 9. The van der Waals surface area contributed by atoms with Crippen molar-refractivity contribution in [2.75, 3.05) is 81.6 Å². The molecule has 2 aromatic carbocycles. The highest BCUT2D eigenvalue weighted by molar-refractivity contribution is 6.07. The Morgan fingerprint density at radius 1 is 0.922 bits per heavy atom. The first-order chi connectivity index (χ1) is 30.9. The number of imidazole rings is 1. The lowest BCUT2D eigenvalue weighted by Crippen LogP contribution is -2.60. The van der Waals surface area contributed by atoms with Gasteiger partial charge in [0.25, 0.3) is 17.7 Å². The number of fused-ring (bicyclic) bond motifs is 2. The number of nitrogens with one attached hydrogen (secondary N) is 2. The number of benzene rings is 2. The zero-order valence-corrected chi connectivity index (χ0v) is 36.6. The summed E-state index contributed by atoms with van der Waals surface area (Å²) in [5.41, 5.74) is 10.9. The molecule has 5 amide bonds. The largest absolute Gasteiger partial charge is 0.495 e. The highest BCUT2D eigenvalue weighted by Crippen LogP contribution is 2.45. The van der Waals surface area contributed by atoms with Crippen LogP contribution in [0.4, 0.5) is 36.5 Å². The minimum Gasteiger partial charge on any atom is -0.495 e. The highest BCUT2D eigenvalue weighted by atomic mass is 19.3. The van der Waals surface area contributed by atoms with Crippen LogP contribution in [0.3, 0.4) is 0 Å². The lowest BCUT2D eigenvalue weighted by Gasteiger charge is -2.51. The Balaban J connectivity index is 0.00000166. The minimum absolute atomic E-state index is 0.00707. The van der Waals surface area contributed by atoms with E-state index in [1.54, 1.807) is 25.2 Å². The fourth-order valence-electron chi connectivity index (χ4n) is 10.2. The van der Waals surface area contributed by atoms with E-state index < -0.39 is 23.9 Å². The molecule has 340 valence electrons. The van der Waals surface area contributed by atoms with Gasteiger partial charge in [-0.15, -0.1) is 5.10 Å². The number of ether oxygens (including phenoxy) is 1. The Morgan fingerprint density at radius 3 is 2.33 bits per heavy atom. The second kappa shape index (κ2) is 17.6. The van der Waals surface area contributed by atoms with Gasteiger partial charge in [0, 0.05) is 70.1 Å². The third kappa shape index (κ3) is 8.56. The maximum Gasteiger partial charge on any atom is 0.328 e. The second-order valence-corrected chi connectivity index (χ2v) is 18.0. The van der Waals surface area contributed by atoms with Crippen LogP contribution in [0.15, 0.2) is 48.7 Å². The number of imide groups is 1. The Hall–Kier alpha value is -5.88. The lowest BCUT2D eigenvalue weighted by atomic mass is 9.70. The van der Waals surface area contributed by atoms with Gasteiger partial charge in [0.15, 0.2) is 11.5 Å². The van der Waals surface area contributed by atoms with Crippen LogP contribution in [0.2, 0.25) is 0 Å². The number of methoxy groups -OCH3 is 1. The van der Waals surface area contributed by atoms with Gasteiger partial charge >= 0.3 is 6.03 Å². The van der Waals surface area contributed by atoms with E-state index in [9.17, 15) is 19.2 Å². The minimum atomic E-state index is -2.88. The first-order valence-electron chi connectivity index (χ1n) is 22.5. The normalized spacial score (nSPS) is 21.9. The summed E-state index contributed by atoms with van der Waals surface area (Å²) < 4.78 is 39.2. The van der Waals surface area contributed by atoms with Gasteiger partial charge in [0.2, 0.25) is 5.91 Å². The molecular weight excluding hydrogens is 825 g/mol. The van der Waals surface area contributed by atoms with Gasteiger partial charge in [0.1, 0.15) is 11.4 Å². The number of piperidine rings is 3. The Morgan fingerprint density at radius 2 is 1.66 bits per heavy atom. The molecule has 0 radical (unpaired) electrons. The van der Waals surface area contributed by atoms with E-state index in [0.717, 1.165) is 48.9 Å². The Kier molecular flexibility index (Phi) is 11.9. The number of hydrogen-bond acceptors (Lipinski definition) is 11. The van der Waals surface area contributed by atoms with Crippen LogP contribution < -0.4 is 30.9 Å². The quantitative estimate of drug-likeness (QED) is 0.196. The van der Waals surface area contributed by atoms with Crippen LogP contribution in [0.25, 0.3) is 5.65 Å². The molecule has 10 rings (SSSR count). The van der Waals surface area contributed by atoms with E-state index in [0.29, 0.717) is 86.4 Å². The van der Waals surface area contributed by atoms with Crippen LogP contribution in [0, 0.1) is 5.41 Å². The van der Waals surface area contributed by atoms with Crippen LogP contribution in [0.5, 0.6) is 5.75 Å². The molecule has 4 saturated heterocycles. The van der Waals surface area contributed by atoms with Crippen molar-refractivity contribution >= 4 is 52.3 Å². The van der Waals surface area contributed by atoms with Crippen molar-refractivity contribution in [2.24, 2.45) is 11.1 Å². The molecule has 6 aliphatic rings. The third-order valence-corrected chi connectivity index (χ3v) is 13.9. The molecule has 2 aromatic heterocycles. The summed E-state index contributed by atoms with van der Waals surface area (Å²) in [5.74, 6) is -2.94. The van der Waals surface area contributed by atoms with Crippen LogP contribution >= 0.6 is 0 Å². The number of amides is 5. The maximum atomic E-state index is 16.2. The number of likely N-dealkylation sites (tertiary alicyclic amines) is 3. The average molecular weight is 882 g/mol. The fraction of sp³-hybridized carbons (Fsp3) is 0.522. The maximum absolute atomic E-state index is 16.2. The van der Waals surface area contributed by atoms with Crippen molar-refractivity contribution in [1.29, 1.82) is 0 Å². The molecule has 5 fully saturated rings. The van der Waals surface area contributed by atoms with Gasteiger partial charge in [-0.1, -0.05) is 31.4 Å². The number of primary amides is 1. The lowest BCUT2D eigenvalue weighted by molar-refractivity contribution is -0.139. The summed E-state index contributed by atoms with van der Waals surface area (Å²) in [6.07, 6.45) is 10.4. The van der Waals surface area contributed by atoms with Crippen molar-refractivity contribution in [3.8, 4) is 5.75 Å². The number of carbonyl (C=O) groups excluding carboxylic acids is 4. The summed E-state index contributed by atoms with van der Waals surface area (Å²) in [4.78, 5) is 63.7. The molecule has 1 atom stereocenters. The number of urea groups is 1. The first-order valence-corrected chi connectivity index (χ1v) is 22.5. The topological polar surface area (TPSA) is 174 Å². The molecule has 18 heteroatoms. The van der Waals surface area contributed by atoms with Crippen molar-refractivity contribution in [2.45, 2.75) is 82.7 Å². The summed E-state index contributed by atoms with van der Waals surface area (Å²) in [6, 6.07) is 11.5. The SMILES string of the molecule is C1CC1.CNc1cc(N2CCc3c(CN4CCC(N5CCC6(CCN(C(=O)c7ccc(OC)c(N8CCC(=O)NC8=O)c7)CC6)CC5)C(F)(F)C4)cccc32)nn2c(C(N)=O)cnc12. The number of alkyl halides is 2. The van der Waals surface area contributed by atoms with Gasteiger partial charge in [-0.2, -0.15) is 0 Å². The molecule has 7 heterocycles. The molecule has 16 nitrogen and oxygen atoms in total. The number of halogens is 2. The van der Waals surface area contributed by atoms with E-state index in [-0.39, 0.29) is 42.4 Å². The predicted molar refractivity (Wildman–Crippen MR) is 238 cm³/mol. The molecule has 0 bridgehead atoms. The zero-order chi connectivity index (χ0) is 44.8. The monoisotopic (exact) mass is 881 g/mol. The molecule has 64 heavy (non-hydrogen) atoms. The molecule has 4 N–H and O–H groups in total. The van der Waals surface area contributed by atoms with E-state index in [1.165, 1.54) is 42.0 Å². The zero-order valence-electron chi connectivity index (χ0n) is 36.6. The Bertz CT molecular complexity index is 2440. The van der Waals surface area contributed by atoms with Gasteiger partial charge in [-0.25, -0.2) is 23.1 Å². The van der Waals surface area contributed by atoms with Gasteiger partial charge in [-0.05, 0) is 92.4 Å². The first kappa shape index (κ1) is 43.4. The van der Waals surface area contributed by atoms with E-state index in [2.05, 4.69) is 20.5 Å². The molecule has 1 saturated carbocycles. The summed E-state index contributed by atoms with van der Waals surface area (Å²) >= 11 is 0. The van der Waals surface area contributed by atoms with E-state index in [1.807, 2.05) is 39.0 Å². The van der Waals surface area contributed by atoms with Crippen molar-refractivity contribution < 1.29 is 32.7 Å². The predicted octanol–water partition coefficient (Wildman–Crippen LogP) is 5.42. The van der Waals surface area contributed by atoms with Crippen molar-refractivity contribution in [3.05, 3.63) is 71.0 Å². The van der Waals surface area contributed by atoms with Crippen LogP contribution in [0.1, 0.15) is 89.8 Å². The smallest absolute Gasteiger partial charge is 0.328 e. The van der Waals surface area contributed by atoms with Crippen molar-refractivity contribution in [1.82, 2.24) is 34.6 Å². The third-order valence-electron chi connectivity index (χ3n) is 13.9. The number of nitrogens with two attached hydrogens (primary N) is 1. The van der Waals surface area contributed by atoms with Gasteiger partial charge in [-0.3, -0.25) is 34.4 Å². The molecule has 5 aliphatic heterocycles. The van der Waals surface area contributed by atoms with Crippen molar-refractivity contribution in [3.63, 3.8) is 0 Å². The van der Waals surface area contributed by atoms with Gasteiger partial charge < -0.3 is 25.6 Å². The number of hydrogen-bond donors (Lipinski definition) is 3. The summed E-state index contributed by atoms with van der Waals surface area (Å²) in [7, 11) is 3.27.